The smallest absolute Gasteiger partial charge is 0.408 e. The highest BCUT2D eigenvalue weighted by Gasteiger charge is 2.32. The van der Waals surface area contributed by atoms with Crippen molar-refractivity contribution < 1.29 is 14.6 Å². The molecule has 14 heavy (non-hydrogen) atoms. The van der Waals surface area contributed by atoms with Crippen molar-refractivity contribution in [3.8, 4) is 5.75 Å². The standard InChI is InChI=1S/C10H11NO3/c1-6-9(11-10(13)14-6)7-4-2-3-5-8(7)12/h2-6,9,12H,1H3,(H,11,13). The first kappa shape index (κ1) is 8.87. The largest absolute Gasteiger partial charge is 0.508 e. The summed E-state index contributed by atoms with van der Waals surface area (Å²) in [7, 11) is 0. The van der Waals surface area contributed by atoms with Gasteiger partial charge in [-0.3, -0.25) is 0 Å². The first-order valence-corrected chi connectivity index (χ1v) is 4.43. The molecule has 0 spiro atoms. The molecule has 2 atom stereocenters. The van der Waals surface area contributed by atoms with E-state index in [0.717, 1.165) is 0 Å². The molecule has 0 aliphatic carbocycles. The summed E-state index contributed by atoms with van der Waals surface area (Å²) in [6, 6.07) is 6.65. The Bertz CT molecular complexity index is 364. The van der Waals surface area contributed by atoms with Crippen LogP contribution in [0.5, 0.6) is 5.75 Å². The Kier molecular flexibility index (Phi) is 2.04. The monoisotopic (exact) mass is 193 g/mol. The Morgan fingerprint density at radius 3 is 2.71 bits per heavy atom. The van der Waals surface area contributed by atoms with Crippen molar-refractivity contribution in [3.05, 3.63) is 29.8 Å². The maximum atomic E-state index is 10.9. The molecule has 0 saturated carbocycles. The number of benzene rings is 1. The molecule has 1 heterocycles. The number of rotatable bonds is 1. The van der Waals surface area contributed by atoms with Crippen LogP contribution >= 0.6 is 0 Å². The van der Waals surface area contributed by atoms with Gasteiger partial charge in [0.25, 0.3) is 0 Å². The molecule has 0 bridgehead atoms. The molecule has 1 aliphatic heterocycles. The Balaban J connectivity index is 2.32. The molecule has 2 N–H and O–H groups in total. The Morgan fingerprint density at radius 1 is 1.43 bits per heavy atom. The fourth-order valence-electron chi connectivity index (χ4n) is 1.60. The van der Waals surface area contributed by atoms with E-state index in [2.05, 4.69) is 5.32 Å². The lowest BCUT2D eigenvalue weighted by molar-refractivity contribution is 0.141. The summed E-state index contributed by atoms with van der Waals surface area (Å²) in [5.41, 5.74) is 0.686. The Labute approximate surface area is 81.5 Å². The third kappa shape index (κ3) is 1.39. The van der Waals surface area contributed by atoms with E-state index in [0.29, 0.717) is 5.56 Å². The normalized spacial score (nSPS) is 25.6. The van der Waals surface area contributed by atoms with Crippen LogP contribution in [-0.2, 0) is 4.74 Å². The number of nitrogens with one attached hydrogen (secondary N) is 1. The molecular formula is C10H11NO3. The third-order valence-corrected chi connectivity index (χ3v) is 2.31. The van der Waals surface area contributed by atoms with E-state index < -0.39 is 6.09 Å². The number of phenols is 1. The molecular weight excluding hydrogens is 182 g/mol. The maximum absolute atomic E-state index is 10.9. The van der Waals surface area contributed by atoms with Crippen LogP contribution in [0.4, 0.5) is 4.79 Å². The zero-order chi connectivity index (χ0) is 10.1. The van der Waals surface area contributed by atoms with E-state index in [1.54, 1.807) is 25.1 Å². The number of aromatic hydroxyl groups is 1. The maximum Gasteiger partial charge on any atom is 0.408 e. The molecule has 1 amide bonds. The number of carbonyl (C=O) groups excluding carboxylic acids is 1. The first-order chi connectivity index (χ1) is 6.68. The number of alkyl carbamates (subject to hydrolysis) is 1. The van der Waals surface area contributed by atoms with Gasteiger partial charge in [0, 0.05) is 5.56 Å². The van der Waals surface area contributed by atoms with Crippen LogP contribution in [0.3, 0.4) is 0 Å². The summed E-state index contributed by atoms with van der Waals surface area (Å²) in [4.78, 5) is 10.9. The van der Waals surface area contributed by atoms with Gasteiger partial charge in [0.1, 0.15) is 11.9 Å². The Morgan fingerprint density at radius 2 is 2.14 bits per heavy atom. The highest BCUT2D eigenvalue weighted by Crippen LogP contribution is 2.30. The van der Waals surface area contributed by atoms with Gasteiger partial charge in [-0.1, -0.05) is 18.2 Å². The third-order valence-electron chi connectivity index (χ3n) is 2.31. The molecule has 4 nitrogen and oxygen atoms in total. The minimum Gasteiger partial charge on any atom is -0.508 e. The van der Waals surface area contributed by atoms with Gasteiger partial charge in [-0.2, -0.15) is 0 Å². The number of ether oxygens (including phenoxy) is 1. The SMILES string of the molecule is CC1OC(=O)NC1c1ccccc1O. The fraction of sp³-hybridized carbons (Fsp3) is 0.300. The average molecular weight is 193 g/mol. The number of para-hydroxylation sites is 1. The van der Waals surface area contributed by atoms with Crippen molar-refractivity contribution in [1.82, 2.24) is 5.32 Å². The summed E-state index contributed by atoms with van der Waals surface area (Å²) in [5, 5.41) is 12.2. The van der Waals surface area contributed by atoms with Crippen molar-refractivity contribution in [3.63, 3.8) is 0 Å². The van der Waals surface area contributed by atoms with Crippen molar-refractivity contribution >= 4 is 6.09 Å². The molecule has 1 aromatic carbocycles. The number of amides is 1. The molecule has 1 saturated heterocycles. The topological polar surface area (TPSA) is 58.6 Å². The van der Waals surface area contributed by atoms with E-state index in [4.69, 9.17) is 4.74 Å². The van der Waals surface area contributed by atoms with Crippen molar-refractivity contribution in [1.29, 1.82) is 0 Å². The molecule has 2 unspecified atom stereocenters. The van der Waals surface area contributed by atoms with Crippen LogP contribution in [0.1, 0.15) is 18.5 Å². The second kappa shape index (κ2) is 3.21. The van der Waals surface area contributed by atoms with Crippen molar-refractivity contribution in [2.45, 2.75) is 19.1 Å². The van der Waals surface area contributed by atoms with E-state index in [9.17, 15) is 9.90 Å². The average Bonchev–Trinajstić information content (AvgIpc) is 2.46. The van der Waals surface area contributed by atoms with Crippen LogP contribution in [0.2, 0.25) is 0 Å². The van der Waals surface area contributed by atoms with Gasteiger partial charge in [-0.25, -0.2) is 4.79 Å². The van der Waals surface area contributed by atoms with Crippen LogP contribution in [-0.4, -0.2) is 17.3 Å². The highest BCUT2D eigenvalue weighted by molar-refractivity contribution is 5.71. The van der Waals surface area contributed by atoms with E-state index in [1.165, 1.54) is 0 Å². The van der Waals surface area contributed by atoms with E-state index in [1.807, 2.05) is 6.07 Å². The molecule has 1 aromatic rings. The van der Waals surface area contributed by atoms with Crippen molar-refractivity contribution in [2.24, 2.45) is 0 Å². The molecule has 2 rings (SSSR count). The van der Waals surface area contributed by atoms with Gasteiger partial charge >= 0.3 is 6.09 Å². The predicted octanol–water partition coefficient (Wildman–Crippen LogP) is 1.56. The van der Waals surface area contributed by atoms with Crippen LogP contribution in [0.15, 0.2) is 24.3 Å². The lowest BCUT2D eigenvalue weighted by Crippen LogP contribution is -2.21. The van der Waals surface area contributed by atoms with Crippen LogP contribution in [0, 0.1) is 0 Å². The number of cyclic esters (lactones) is 1. The lowest BCUT2D eigenvalue weighted by atomic mass is 10.0. The molecule has 0 aromatic heterocycles. The molecule has 0 radical (unpaired) electrons. The van der Waals surface area contributed by atoms with Crippen LogP contribution in [0.25, 0.3) is 0 Å². The summed E-state index contributed by atoms with van der Waals surface area (Å²) >= 11 is 0. The van der Waals surface area contributed by atoms with Gasteiger partial charge in [-0.05, 0) is 13.0 Å². The Hall–Kier alpha value is -1.71. The highest BCUT2D eigenvalue weighted by atomic mass is 16.6. The summed E-state index contributed by atoms with van der Waals surface area (Å²) in [6.45, 7) is 1.79. The predicted molar refractivity (Wildman–Crippen MR) is 49.9 cm³/mol. The number of carbonyl (C=O) groups is 1. The minimum absolute atomic E-state index is 0.176. The number of hydrogen-bond donors (Lipinski definition) is 2. The van der Waals surface area contributed by atoms with Gasteiger partial charge in [0.05, 0.1) is 6.04 Å². The van der Waals surface area contributed by atoms with Crippen LogP contribution < -0.4 is 5.32 Å². The van der Waals surface area contributed by atoms with Gasteiger partial charge in [0.15, 0.2) is 0 Å². The quantitative estimate of drug-likeness (QED) is 0.711. The molecule has 4 heteroatoms. The second-order valence-corrected chi connectivity index (χ2v) is 3.29. The summed E-state index contributed by atoms with van der Waals surface area (Å²) in [6.07, 6.45) is -0.693. The molecule has 74 valence electrons. The molecule has 1 aliphatic rings. The lowest BCUT2D eigenvalue weighted by Gasteiger charge is -2.13. The zero-order valence-corrected chi connectivity index (χ0v) is 7.73. The number of phenolic OH excluding ortho intramolecular Hbond substituents is 1. The molecule has 1 fully saturated rings. The van der Waals surface area contributed by atoms with Crippen molar-refractivity contribution in [2.75, 3.05) is 0 Å². The second-order valence-electron chi connectivity index (χ2n) is 3.29. The van der Waals surface area contributed by atoms with E-state index in [-0.39, 0.29) is 17.9 Å². The van der Waals surface area contributed by atoms with Gasteiger partial charge < -0.3 is 15.2 Å². The van der Waals surface area contributed by atoms with E-state index >= 15 is 0 Å². The van der Waals surface area contributed by atoms with Gasteiger partial charge in [0.2, 0.25) is 0 Å². The minimum atomic E-state index is -0.439. The number of hydrogen-bond acceptors (Lipinski definition) is 3. The fourth-order valence-corrected chi connectivity index (χ4v) is 1.60. The van der Waals surface area contributed by atoms with Gasteiger partial charge in [-0.15, -0.1) is 0 Å². The summed E-state index contributed by atoms with van der Waals surface area (Å²) in [5.74, 6) is 0.176. The summed E-state index contributed by atoms with van der Waals surface area (Å²) < 4.78 is 4.92. The first-order valence-electron chi connectivity index (χ1n) is 4.43. The zero-order valence-electron chi connectivity index (χ0n) is 7.73.